The minimum Gasteiger partial charge on any atom is -0.477 e. The lowest BCUT2D eigenvalue weighted by atomic mass is 9.88. The lowest BCUT2D eigenvalue weighted by molar-refractivity contribution is 0.0684. The summed E-state index contributed by atoms with van der Waals surface area (Å²) in [5, 5.41) is 9.31. The number of aromatic nitrogens is 1. The van der Waals surface area contributed by atoms with Gasteiger partial charge in [0.1, 0.15) is 5.69 Å². The van der Waals surface area contributed by atoms with Gasteiger partial charge in [-0.1, -0.05) is 19.3 Å². The quantitative estimate of drug-likeness (QED) is 0.845. The van der Waals surface area contributed by atoms with E-state index in [0.717, 1.165) is 12.8 Å². The molecule has 5 heteroatoms. The van der Waals surface area contributed by atoms with Gasteiger partial charge in [-0.2, -0.15) is 11.8 Å². The molecule has 4 nitrogen and oxygen atoms in total. The van der Waals surface area contributed by atoms with Gasteiger partial charge in [0.2, 0.25) is 0 Å². The Morgan fingerprint density at radius 1 is 1.35 bits per heavy atom. The zero-order valence-electron chi connectivity index (χ0n) is 12.0. The van der Waals surface area contributed by atoms with Crippen molar-refractivity contribution >= 4 is 23.5 Å². The van der Waals surface area contributed by atoms with Gasteiger partial charge < -0.3 is 9.67 Å². The molecule has 0 aliphatic heterocycles. The Bertz CT molecular complexity index is 515. The van der Waals surface area contributed by atoms with Gasteiger partial charge >= 0.3 is 5.97 Å². The molecule has 1 fully saturated rings. The first-order chi connectivity index (χ1) is 9.47. The van der Waals surface area contributed by atoms with Gasteiger partial charge in [0.15, 0.2) is 5.78 Å². The average molecular weight is 295 g/mol. The van der Waals surface area contributed by atoms with E-state index in [0.29, 0.717) is 12.1 Å². The number of ketones is 1. The first-order valence-electron chi connectivity index (χ1n) is 6.97. The number of carboxylic acids is 1. The summed E-state index contributed by atoms with van der Waals surface area (Å²) >= 11 is 1.83. The van der Waals surface area contributed by atoms with Gasteiger partial charge in [0, 0.05) is 23.1 Å². The Hall–Kier alpha value is -1.23. The van der Waals surface area contributed by atoms with Crippen LogP contribution in [0.25, 0.3) is 0 Å². The lowest BCUT2D eigenvalue weighted by Crippen LogP contribution is -2.33. The van der Waals surface area contributed by atoms with Crippen LogP contribution in [-0.2, 0) is 6.54 Å². The molecule has 1 aromatic rings. The predicted molar refractivity (Wildman–Crippen MR) is 80.7 cm³/mol. The highest BCUT2D eigenvalue weighted by atomic mass is 32.2. The number of hydrogen-bond donors (Lipinski definition) is 1. The Morgan fingerprint density at radius 2 is 2.00 bits per heavy atom. The molecule has 0 aromatic carbocycles. The normalized spacial score (nSPS) is 17.9. The number of carbonyl (C=O) groups is 2. The van der Waals surface area contributed by atoms with E-state index in [-0.39, 0.29) is 16.2 Å². The van der Waals surface area contributed by atoms with Crippen molar-refractivity contribution < 1.29 is 14.7 Å². The van der Waals surface area contributed by atoms with Crippen LogP contribution in [0, 0.1) is 0 Å². The largest absolute Gasteiger partial charge is 0.477 e. The molecule has 1 aliphatic rings. The smallest absolute Gasteiger partial charge is 0.352 e. The van der Waals surface area contributed by atoms with Crippen molar-refractivity contribution in [3.63, 3.8) is 0 Å². The topological polar surface area (TPSA) is 59.3 Å². The van der Waals surface area contributed by atoms with Crippen molar-refractivity contribution in [2.75, 3.05) is 6.26 Å². The number of aromatic carboxylic acids is 1. The molecule has 110 valence electrons. The predicted octanol–water partition coefficient (Wildman–Crippen LogP) is 3.45. The molecule has 1 aliphatic carbocycles. The van der Waals surface area contributed by atoms with Crippen molar-refractivity contribution in [3.05, 3.63) is 23.5 Å². The van der Waals surface area contributed by atoms with Crippen LogP contribution in [0.2, 0.25) is 0 Å². The summed E-state index contributed by atoms with van der Waals surface area (Å²) in [5.41, 5.74) is 0.698. The summed E-state index contributed by atoms with van der Waals surface area (Å²) in [7, 11) is 0. The first kappa shape index (κ1) is 15.2. The van der Waals surface area contributed by atoms with E-state index in [1.165, 1.54) is 32.3 Å². The summed E-state index contributed by atoms with van der Waals surface area (Å²) in [6.45, 7) is 2.14. The van der Waals surface area contributed by atoms with Gasteiger partial charge in [-0.25, -0.2) is 4.79 Å². The highest BCUT2D eigenvalue weighted by Crippen LogP contribution is 2.40. The maximum absolute atomic E-state index is 11.5. The average Bonchev–Trinajstić information content (AvgIpc) is 2.84. The monoisotopic (exact) mass is 295 g/mol. The molecule has 1 heterocycles. The van der Waals surface area contributed by atoms with E-state index >= 15 is 0 Å². The number of thioether (sulfide) groups is 1. The molecule has 0 radical (unpaired) electrons. The van der Waals surface area contributed by atoms with E-state index < -0.39 is 5.97 Å². The fraction of sp³-hybridized carbons (Fsp3) is 0.600. The zero-order valence-corrected chi connectivity index (χ0v) is 12.8. The molecule has 0 amide bonds. The van der Waals surface area contributed by atoms with Gasteiger partial charge in [-0.15, -0.1) is 0 Å². The fourth-order valence-electron chi connectivity index (χ4n) is 2.95. The molecule has 0 unspecified atom stereocenters. The molecular formula is C15H21NO3S. The highest BCUT2D eigenvalue weighted by molar-refractivity contribution is 8.00. The molecule has 1 N–H and O–H groups in total. The fourth-order valence-corrected chi connectivity index (χ4v) is 3.91. The standard InChI is InChI=1S/C15H21NO3S/c1-11(17)12-8-13(14(18)19)16(9-12)10-15(20-2)6-4-3-5-7-15/h8-9H,3-7,10H2,1-2H3,(H,18,19). The van der Waals surface area contributed by atoms with Crippen LogP contribution in [0.4, 0.5) is 0 Å². The molecule has 0 saturated heterocycles. The Balaban J connectivity index is 2.31. The van der Waals surface area contributed by atoms with Crippen LogP contribution in [0.15, 0.2) is 12.3 Å². The molecule has 1 saturated carbocycles. The Labute approximate surface area is 123 Å². The third-order valence-electron chi connectivity index (χ3n) is 4.18. The second kappa shape index (κ2) is 6.04. The minimum absolute atomic E-state index is 0.0897. The maximum atomic E-state index is 11.5. The lowest BCUT2D eigenvalue weighted by Gasteiger charge is -2.36. The van der Waals surface area contributed by atoms with E-state index in [1.807, 2.05) is 11.8 Å². The summed E-state index contributed by atoms with van der Waals surface area (Å²) in [6.07, 6.45) is 9.67. The molecule has 0 atom stereocenters. The highest BCUT2D eigenvalue weighted by Gasteiger charge is 2.32. The van der Waals surface area contributed by atoms with Gasteiger partial charge in [-0.05, 0) is 32.1 Å². The van der Waals surface area contributed by atoms with Gasteiger partial charge in [0.05, 0.1) is 0 Å². The Kier molecular flexibility index (Phi) is 4.58. The van der Waals surface area contributed by atoms with Crippen LogP contribution < -0.4 is 0 Å². The van der Waals surface area contributed by atoms with Crippen molar-refractivity contribution in [3.8, 4) is 0 Å². The molecule has 2 rings (SSSR count). The number of carboxylic acid groups (broad SMARTS) is 1. The van der Waals surface area contributed by atoms with Crippen LogP contribution in [0.5, 0.6) is 0 Å². The van der Waals surface area contributed by atoms with Crippen molar-refractivity contribution in [1.29, 1.82) is 0 Å². The maximum Gasteiger partial charge on any atom is 0.352 e. The van der Waals surface area contributed by atoms with Gasteiger partial charge in [0.25, 0.3) is 0 Å². The van der Waals surface area contributed by atoms with E-state index in [4.69, 9.17) is 0 Å². The Morgan fingerprint density at radius 3 is 2.50 bits per heavy atom. The van der Waals surface area contributed by atoms with Crippen LogP contribution in [-0.4, -0.2) is 32.4 Å². The van der Waals surface area contributed by atoms with E-state index in [9.17, 15) is 14.7 Å². The van der Waals surface area contributed by atoms with E-state index in [2.05, 4.69) is 6.26 Å². The molecule has 20 heavy (non-hydrogen) atoms. The van der Waals surface area contributed by atoms with Crippen LogP contribution in [0.1, 0.15) is 59.9 Å². The second-order valence-corrected chi connectivity index (χ2v) is 6.83. The van der Waals surface area contributed by atoms with E-state index in [1.54, 1.807) is 10.8 Å². The number of rotatable bonds is 5. The van der Waals surface area contributed by atoms with Crippen LogP contribution in [0.3, 0.4) is 0 Å². The summed E-state index contributed by atoms with van der Waals surface area (Å²) in [6, 6.07) is 1.49. The second-order valence-electron chi connectivity index (χ2n) is 5.55. The van der Waals surface area contributed by atoms with Gasteiger partial charge in [-0.3, -0.25) is 4.79 Å². The number of carbonyl (C=O) groups excluding carboxylic acids is 1. The summed E-state index contributed by atoms with van der Waals surface area (Å²) in [5.74, 6) is -1.06. The zero-order chi connectivity index (χ0) is 14.8. The SMILES string of the molecule is CSC1(Cn2cc(C(C)=O)cc2C(=O)O)CCCCC1. The number of nitrogens with zero attached hydrogens (tertiary/aromatic N) is 1. The summed E-state index contributed by atoms with van der Waals surface area (Å²) in [4.78, 5) is 22.8. The summed E-state index contributed by atoms with van der Waals surface area (Å²) < 4.78 is 1.86. The molecule has 0 bridgehead atoms. The minimum atomic E-state index is -0.968. The van der Waals surface area contributed by atoms with Crippen molar-refractivity contribution in [2.24, 2.45) is 0 Å². The third-order valence-corrected chi connectivity index (χ3v) is 5.58. The van der Waals surface area contributed by atoms with Crippen molar-refractivity contribution in [2.45, 2.75) is 50.3 Å². The number of hydrogen-bond acceptors (Lipinski definition) is 3. The number of Topliss-reactive ketones (excluding diaryl/α,β-unsaturated/α-hetero) is 1. The third kappa shape index (κ3) is 3.08. The van der Waals surface area contributed by atoms with Crippen LogP contribution >= 0.6 is 11.8 Å². The molecular weight excluding hydrogens is 274 g/mol. The van der Waals surface area contributed by atoms with Crippen molar-refractivity contribution in [1.82, 2.24) is 4.57 Å². The molecule has 0 spiro atoms. The first-order valence-corrected chi connectivity index (χ1v) is 8.19. The molecule has 1 aromatic heterocycles.